The molecular weight excluding hydrogens is 408 g/mol. The molecule has 2 nitrogen and oxygen atoms in total. The van der Waals surface area contributed by atoms with E-state index in [2.05, 4.69) is 109 Å². The standard InChI is InChI=1S/C25H27BrN2/c1-24(2,3)16-7-10-21-19(13-16)20-14-17(25(4,5)6)8-11-22(20)28(21)23-12-9-18(26)15-27-23/h7-15H,1-6H3. The van der Waals surface area contributed by atoms with Crippen LogP contribution in [0.4, 0.5) is 0 Å². The van der Waals surface area contributed by atoms with Crippen molar-refractivity contribution in [2.45, 2.75) is 52.4 Å². The third kappa shape index (κ3) is 3.26. The molecule has 0 saturated carbocycles. The van der Waals surface area contributed by atoms with Gasteiger partial charge in [0.2, 0.25) is 0 Å². The van der Waals surface area contributed by atoms with Crippen LogP contribution in [-0.4, -0.2) is 9.55 Å². The number of aromatic nitrogens is 2. The molecule has 4 rings (SSSR count). The van der Waals surface area contributed by atoms with Crippen LogP contribution in [0.25, 0.3) is 27.6 Å². The summed E-state index contributed by atoms with van der Waals surface area (Å²) in [5.41, 5.74) is 5.32. The van der Waals surface area contributed by atoms with E-state index >= 15 is 0 Å². The Morgan fingerprint density at radius 2 is 1.21 bits per heavy atom. The smallest absolute Gasteiger partial charge is 0.137 e. The fourth-order valence-electron chi connectivity index (χ4n) is 3.70. The summed E-state index contributed by atoms with van der Waals surface area (Å²) >= 11 is 3.50. The number of fused-ring (bicyclic) bond motifs is 3. The highest BCUT2D eigenvalue weighted by Crippen LogP contribution is 2.37. The van der Waals surface area contributed by atoms with Gasteiger partial charge in [-0.1, -0.05) is 53.7 Å². The van der Waals surface area contributed by atoms with Crippen LogP contribution in [0.3, 0.4) is 0 Å². The van der Waals surface area contributed by atoms with E-state index in [1.165, 1.54) is 32.9 Å². The average molecular weight is 435 g/mol. The Morgan fingerprint density at radius 1 is 0.714 bits per heavy atom. The maximum Gasteiger partial charge on any atom is 0.137 e. The lowest BCUT2D eigenvalue weighted by Crippen LogP contribution is -2.10. The molecule has 0 spiro atoms. The first-order chi connectivity index (χ1) is 13.1. The first kappa shape index (κ1) is 19.2. The molecule has 0 amide bonds. The Bertz CT molecular complexity index is 1100. The minimum atomic E-state index is 0.111. The van der Waals surface area contributed by atoms with Gasteiger partial charge in [0.15, 0.2) is 0 Å². The number of nitrogens with zero attached hydrogens (tertiary/aromatic N) is 2. The van der Waals surface area contributed by atoms with Gasteiger partial charge >= 0.3 is 0 Å². The van der Waals surface area contributed by atoms with Crippen molar-refractivity contribution in [2.24, 2.45) is 0 Å². The van der Waals surface area contributed by atoms with Gasteiger partial charge in [-0.2, -0.15) is 0 Å². The summed E-state index contributed by atoms with van der Waals surface area (Å²) < 4.78 is 3.26. The highest BCUT2D eigenvalue weighted by Gasteiger charge is 2.20. The van der Waals surface area contributed by atoms with Crippen molar-refractivity contribution in [3.8, 4) is 5.82 Å². The molecule has 4 aromatic rings. The fraction of sp³-hybridized carbons (Fsp3) is 0.320. The molecule has 0 aliphatic heterocycles. The van der Waals surface area contributed by atoms with Crippen LogP contribution in [0.1, 0.15) is 52.7 Å². The topological polar surface area (TPSA) is 17.8 Å². The van der Waals surface area contributed by atoms with Crippen molar-refractivity contribution >= 4 is 37.7 Å². The van der Waals surface area contributed by atoms with E-state index in [4.69, 9.17) is 0 Å². The maximum absolute atomic E-state index is 4.68. The van der Waals surface area contributed by atoms with Gasteiger partial charge in [-0.3, -0.25) is 4.57 Å². The number of rotatable bonds is 1. The lowest BCUT2D eigenvalue weighted by molar-refractivity contribution is 0.590. The second kappa shape index (κ2) is 6.45. The van der Waals surface area contributed by atoms with Crippen LogP contribution in [-0.2, 0) is 10.8 Å². The van der Waals surface area contributed by atoms with Crippen LogP contribution in [0, 0.1) is 0 Å². The van der Waals surface area contributed by atoms with Gasteiger partial charge in [-0.15, -0.1) is 0 Å². The molecule has 28 heavy (non-hydrogen) atoms. The maximum atomic E-state index is 4.68. The Balaban J connectivity index is 2.11. The Kier molecular flexibility index (Phi) is 4.42. The van der Waals surface area contributed by atoms with E-state index in [0.717, 1.165) is 10.3 Å². The minimum absolute atomic E-state index is 0.111. The Labute approximate surface area is 175 Å². The fourth-order valence-corrected chi connectivity index (χ4v) is 3.94. The van der Waals surface area contributed by atoms with Gasteiger partial charge in [0.05, 0.1) is 11.0 Å². The third-order valence-corrected chi connectivity index (χ3v) is 5.91. The van der Waals surface area contributed by atoms with E-state index in [1.54, 1.807) is 0 Å². The Morgan fingerprint density at radius 3 is 1.61 bits per heavy atom. The molecule has 0 aliphatic rings. The molecule has 144 valence electrons. The zero-order valence-corrected chi connectivity index (χ0v) is 19.1. The number of pyridine rings is 1. The summed E-state index contributed by atoms with van der Waals surface area (Å²) in [7, 11) is 0. The van der Waals surface area contributed by atoms with Crippen LogP contribution < -0.4 is 0 Å². The molecule has 0 aliphatic carbocycles. The van der Waals surface area contributed by atoms with Gasteiger partial charge in [0.1, 0.15) is 5.82 Å². The Hall–Kier alpha value is -2.13. The average Bonchev–Trinajstić information content (AvgIpc) is 2.94. The normalized spacial score (nSPS) is 12.8. The molecule has 0 saturated heterocycles. The predicted molar refractivity (Wildman–Crippen MR) is 124 cm³/mol. The molecule has 2 aromatic carbocycles. The molecule has 0 unspecified atom stereocenters. The first-order valence-corrected chi connectivity index (χ1v) is 10.6. The number of hydrogen-bond acceptors (Lipinski definition) is 1. The summed E-state index contributed by atoms with van der Waals surface area (Å²) in [6.07, 6.45) is 1.86. The van der Waals surface area contributed by atoms with Crippen molar-refractivity contribution in [3.05, 3.63) is 70.3 Å². The summed E-state index contributed by atoms with van der Waals surface area (Å²) in [6.45, 7) is 13.6. The van der Waals surface area contributed by atoms with Gasteiger partial charge in [0.25, 0.3) is 0 Å². The minimum Gasteiger partial charge on any atom is -0.294 e. The van der Waals surface area contributed by atoms with E-state index in [0.29, 0.717) is 0 Å². The van der Waals surface area contributed by atoms with Gasteiger partial charge in [-0.05, 0) is 74.3 Å². The molecular formula is C25H27BrN2. The van der Waals surface area contributed by atoms with Gasteiger partial charge < -0.3 is 0 Å². The van der Waals surface area contributed by atoms with Gasteiger partial charge in [0, 0.05) is 21.4 Å². The molecule has 0 radical (unpaired) electrons. The van der Waals surface area contributed by atoms with Crippen molar-refractivity contribution in [1.82, 2.24) is 9.55 Å². The van der Waals surface area contributed by atoms with Crippen LogP contribution in [0.15, 0.2) is 59.2 Å². The van der Waals surface area contributed by atoms with Crippen LogP contribution in [0.2, 0.25) is 0 Å². The summed E-state index contributed by atoms with van der Waals surface area (Å²) in [5.74, 6) is 0.940. The third-order valence-electron chi connectivity index (χ3n) is 5.44. The van der Waals surface area contributed by atoms with E-state index < -0.39 is 0 Å². The van der Waals surface area contributed by atoms with E-state index in [9.17, 15) is 0 Å². The monoisotopic (exact) mass is 434 g/mol. The molecule has 2 aromatic heterocycles. The first-order valence-electron chi connectivity index (χ1n) is 9.77. The summed E-state index contributed by atoms with van der Waals surface area (Å²) in [5, 5.41) is 2.58. The second-order valence-electron chi connectivity index (χ2n) is 9.63. The molecule has 0 N–H and O–H groups in total. The lowest BCUT2D eigenvalue weighted by Gasteiger charge is -2.19. The van der Waals surface area contributed by atoms with Crippen LogP contribution in [0.5, 0.6) is 0 Å². The van der Waals surface area contributed by atoms with Gasteiger partial charge in [-0.25, -0.2) is 4.98 Å². The van der Waals surface area contributed by atoms with Crippen molar-refractivity contribution in [2.75, 3.05) is 0 Å². The van der Waals surface area contributed by atoms with Crippen molar-refractivity contribution in [3.63, 3.8) is 0 Å². The highest BCUT2D eigenvalue weighted by atomic mass is 79.9. The predicted octanol–water partition coefficient (Wildman–Crippen LogP) is 7.54. The van der Waals surface area contributed by atoms with E-state index in [1.807, 2.05) is 12.3 Å². The molecule has 3 heteroatoms. The summed E-state index contributed by atoms with van der Waals surface area (Å²) in [4.78, 5) is 4.68. The van der Waals surface area contributed by atoms with E-state index in [-0.39, 0.29) is 10.8 Å². The zero-order valence-electron chi connectivity index (χ0n) is 17.5. The second-order valence-corrected chi connectivity index (χ2v) is 10.5. The SMILES string of the molecule is CC(C)(C)c1ccc2c(c1)c1cc(C(C)(C)C)ccc1n2-c1ccc(Br)cn1. The quantitative estimate of drug-likeness (QED) is 0.302. The van der Waals surface area contributed by atoms with Crippen molar-refractivity contribution in [1.29, 1.82) is 0 Å². The largest absolute Gasteiger partial charge is 0.294 e. The van der Waals surface area contributed by atoms with Crippen molar-refractivity contribution < 1.29 is 0 Å². The summed E-state index contributed by atoms with van der Waals surface area (Å²) in [6, 6.07) is 17.8. The van der Waals surface area contributed by atoms with Crippen LogP contribution >= 0.6 is 15.9 Å². The lowest BCUT2D eigenvalue weighted by atomic mass is 9.85. The molecule has 2 heterocycles. The molecule has 0 fully saturated rings. The number of hydrogen-bond donors (Lipinski definition) is 0. The number of halogens is 1. The molecule has 0 atom stereocenters. The molecule has 0 bridgehead atoms. The zero-order chi connectivity index (χ0) is 20.3. The number of benzene rings is 2. The highest BCUT2D eigenvalue weighted by molar-refractivity contribution is 9.10.